The summed E-state index contributed by atoms with van der Waals surface area (Å²) in [7, 11) is 0. The first kappa shape index (κ1) is 39.8. The highest BCUT2D eigenvalue weighted by molar-refractivity contribution is 6.37. The van der Waals surface area contributed by atoms with Crippen LogP contribution in [-0.2, 0) is 31.9 Å². The minimum Gasteiger partial charge on any atom is -0.508 e. The number of urea groups is 2. The number of halogens is 2. The molecule has 270 valence electrons. The summed E-state index contributed by atoms with van der Waals surface area (Å²) in [5.41, 5.74) is 2.13. The van der Waals surface area contributed by atoms with Gasteiger partial charge in [0.15, 0.2) is 5.75 Å². The normalized spacial score (nSPS) is 11.5. The van der Waals surface area contributed by atoms with Crippen LogP contribution in [0.5, 0.6) is 17.2 Å². The first-order chi connectivity index (χ1) is 24.4. The number of rotatable bonds is 12. The largest absolute Gasteiger partial charge is 0.508 e. The van der Waals surface area contributed by atoms with Gasteiger partial charge in [0.05, 0.1) is 28.9 Å². The molecule has 0 bridgehead atoms. The van der Waals surface area contributed by atoms with Crippen molar-refractivity contribution in [3.05, 3.63) is 112 Å². The molecule has 0 aliphatic rings. The Bertz CT molecular complexity index is 1760. The molecular weight excluding hydrogens is 703 g/mol. The number of hydrogen-bond acceptors (Lipinski definition) is 9. The molecule has 15 heteroatoms. The number of hydrogen-bond donors (Lipinski definition) is 7. The number of nitrogens with one attached hydrogen (secondary N) is 4. The van der Waals surface area contributed by atoms with Crippen LogP contribution < -0.4 is 21.3 Å². The highest BCUT2D eigenvalue weighted by Crippen LogP contribution is 2.34. The molecule has 0 saturated heterocycles. The lowest BCUT2D eigenvalue weighted by Gasteiger charge is -2.18. The second kappa shape index (κ2) is 20.1. The Hall–Kier alpha value is -5.66. The summed E-state index contributed by atoms with van der Waals surface area (Å²) >= 11 is 11.7. The molecular formula is C36H38Cl2N4O9. The van der Waals surface area contributed by atoms with Gasteiger partial charge in [-0.15, -0.1) is 0 Å². The first-order valence-electron chi connectivity index (χ1n) is 15.7. The van der Waals surface area contributed by atoms with E-state index < -0.39 is 36.1 Å². The SMILES string of the molecule is CCOC(=O)C(Cc1ccccc1)NC(=O)Nc1cc(Cl)c(O)c(Cl)c1.CCOC(=O)C(Cc1ccccc1)NC(=O)Nc1ccc(O)cc1O. The summed E-state index contributed by atoms with van der Waals surface area (Å²) in [6, 6.07) is 21.9. The van der Waals surface area contributed by atoms with Gasteiger partial charge in [0.1, 0.15) is 23.6 Å². The number of esters is 2. The number of carbonyl (C=O) groups excluding carboxylic acids is 4. The van der Waals surface area contributed by atoms with Gasteiger partial charge in [-0.3, -0.25) is 0 Å². The number of aromatic hydroxyl groups is 3. The average Bonchev–Trinajstić information content (AvgIpc) is 3.09. The Morgan fingerprint density at radius 3 is 1.53 bits per heavy atom. The van der Waals surface area contributed by atoms with Crippen LogP contribution in [0.4, 0.5) is 21.0 Å². The summed E-state index contributed by atoms with van der Waals surface area (Å²) < 4.78 is 10.0. The highest BCUT2D eigenvalue weighted by atomic mass is 35.5. The van der Waals surface area contributed by atoms with Crippen LogP contribution >= 0.6 is 23.2 Å². The Morgan fingerprint density at radius 2 is 1.10 bits per heavy atom. The first-order valence-corrected chi connectivity index (χ1v) is 16.4. The molecule has 2 unspecified atom stereocenters. The summed E-state index contributed by atoms with van der Waals surface area (Å²) in [5, 5.41) is 38.6. The number of phenolic OH excluding ortho intramolecular Hbond substituents is 3. The lowest BCUT2D eigenvalue weighted by Crippen LogP contribution is -2.45. The molecule has 0 saturated carbocycles. The van der Waals surface area contributed by atoms with Crippen molar-refractivity contribution in [2.45, 2.75) is 38.8 Å². The molecule has 0 aromatic heterocycles. The van der Waals surface area contributed by atoms with Crippen LogP contribution in [0.25, 0.3) is 0 Å². The summed E-state index contributed by atoms with van der Waals surface area (Å²) in [6.07, 6.45) is 0.554. The van der Waals surface area contributed by atoms with Gasteiger partial charge in [0, 0.05) is 24.6 Å². The molecule has 51 heavy (non-hydrogen) atoms. The van der Waals surface area contributed by atoms with E-state index in [-0.39, 0.29) is 64.7 Å². The number of anilines is 2. The zero-order chi connectivity index (χ0) is 37.3. The lowest BCUT2D eigenvalue weighted by molar-refractivity contribution is -0.146. The van der Waals surface area contributed by atoms with E-state index in [0.717, 1.165) is 17.2 Å². The maximum Gasteiger partial charge on any atom is 0.329 e. The van der Waals surface area contributed by atoms with E-state index in [1.807, 2.05) is 60.7 Å². The molecule has 4 rings (SSSR count). The van der Waals surface area contributed by atoms with E-state index in [9.17, 15) is 34.5 Å². The minimum atomic E-state index is -0.874. The summed E-state index contributed by atoms with van der Waals surface area (Å²) in [4.78, 5) is 48.7. The van der Waals surface area contributed by atoms with Gasteiger partial charge in [-0.25, -0.2) is 19.2 Å². The molecule has 0 fully saturated rings. The van der Waals surface area contributed by atoms with Crippen molar-refractivity contribution >= 4 is 58.6 Å². The van der Waals surface area contributed by atoms with Crippen molar-refractivity contribution < 1.29 is 44.0 Å². The standard InChI is InChI=1S/C18H18Cl2N2O4.C18H20N2O5/c1-2-26-17(24)15(8-11-6-4-3-5-7-11)22-18(25)21-12-9-13(19)16(23)14(20)10-12;1-2-25-17(23)15(10-12-6-4-3-5-7-12)20-18(24)19-14-9-8-13(21)11-16(14)22/h3-7,9-10,15,23H,2,8H2,1H3,(H2,21,22,25);3-9,11,15,21-22H,2,10H2,1H3,(H2,19,20,24). The molecule has 4 amide bonds. The third-order valence-corrected chi connectivity index (χ3v) is 7.40. The van der Waals surface area contributed by atoms with E-state index in [1.165, 1.54) is 24.3 Å². The van der Waals surface area contributed by atoms with Crippen molar-refractivity contribution in [3.63, 3.8) is 0 Å². The summed E-state index contributed by atoms with van der Waals surface area (Å²) in [5.74, 6) is -1.76. The van der Waals surface area contributed by atoms with E-state index in [2.05, 4.69) is 21.3 Å². The molecule has 4 aromatic rings. The Morgan fingerprint density at radius 1 is 0.647 bits per heavy atom. The predicted octanol–water partition coefficient (Wildman–Crippen LogP) is 6.39. The maximum absolute atomic E-state index is 12.3. The van der Waals surface area contributed by atoms with Crippen molar-refractivity contribution in [3.8, 4) is 17.2 Å². The molecule has 7 N–H and O–H groups in total. The fraction of sp³-hybridized carbons (Fsp3) is 0.222. The number of ether oxygens (including phenoxy) is 2. The number of phenols is 3. The predicted molar refractivity (Wildman–Crippen MR) is 193 cm³/mol. The van der Waals surface area contributed by atoms with E-state index in [4.69, 9.17) is 32.7 Å². The third kappa shape index (κ3) is 13.3. The van der Waals surface area contributed by atoms with Crippen LogP contribution in [0, 0.1) is 0 Å². The molecule has 2 atom stereocenters. The lowest BCUT2D eigenvalue weighted by atomic mass is 10.1. The van der Waals surface area contributed by atoms with Crippen LogP contribution in [-0.4, -0.2) is 64.6 Å². The fourth-order valence-corrected chi connectivity index (χ4v) is 4.96. The van der Waals surface area contributed by atoms with Gasteiger partial charge < -0.3 is 46.1 Å². The number of benzene rings is 4. The Kier molecular flexibility index (Phi) is 15.7. The topological polar surface area (TPSA) is 196 Å². The van der Waals surface area contributed by atoms with E-state index >= 15 is 0 Å². The molecule has 4 aromatic carbocycles. The van der Waals surface area contributed by atoms with Gasteiger partial charge >= 0.3 is 24.0 Å². The van der Waals surface area contributed by atoms with Crippen LogP contribution in [0.2, 0.25) is 10.0 Å². The molecule has 0 spiro atoms. The van der Waals surface area contributed by atoms with Gasteiger partial charge in [-0.05, 0) is 49.2 Å². The van der Waals surface area contributed by atoms with Crippen LogP contribution in [0.1, 0.15) is 25.0 Å². The second-order valence-electron chi connectivity index (χ2n) is 10.7. The quantitative estimate of drug-likeness (QED) is 0.0489. The van der Waals surface area contributed by atoms with Crippen LogP contribution in [0.3, 0.4) is 0 Å². The van der Waals surface area contributed by atoms with Gasteiger partial charge in [0.25, 0.3) is 0 Å². The zero-order valence-electron chi connectivity index (χ0n) is 27.7. The number of amides is 4. The molecule has 0 aliphatic heterocycles. The van der Waals surface area contributed by atoms with Crippen LogP contribution in [0.15, 0.2) is 91.0 Å². The molecule has 0 radical (unpaired) electrons. The van der Waals surface area contributed by atoms with Crippen molar-refractivity contribution in [1.82, 2.24) is 10.6 Å². The average molecular weight is 742 g/mol. The van der Waals surface area contributed by atoms with E-state index in [1.54, 1.807) is 13.8 Å². The molecule has 13 nitrogen and oxygen atoms in total. The van der Waals surface area contributed by atoms with Gasteiger partial charge in [0.2, 0.25) is 0 Å². The molecule has 0 aliphatic carbocycles. The van der Waals surface area contributed by atoms with E-state index in [0.29, 0.717) is 0 Å². The zero-order valence-corrected chi connectivity index (χ0v) is 29.2. The maximum atomic E-state index is 12.3. The second-order valence-corrected chi connectivity index (χ2v) is 11.5. The van der Waals surface area contributed by atoms with Crippen molar-refractivity contribution in [1.29, 1.82) is 0 Å². The monoisotopic (exact) mass is 740 g/mol. The highest BCUT2D eigenvalue weighted by Gasteiger charge is 2.24. The van der Waals surface area contributed by atoms with Gasteiger partial charge in [-0.2, -0.15) is 0 Å². The smallest absolute Gasteiger partial charge is 0.329 e. The fourth-order valence-electron chi connectivity index (χ4n) is 4.48. The number of carbonyl (C=O) groups is 4. The van der Waals surface area contributed by atoms with Gasteiger partial charge in [-0.1, -0.05) is 83.9 Å². The molecule has 0 heterocycles. The minimum absolute atomic E-state index is 0.000900. The third-order valence-electron chi connectivity index (χ3n) is 6.82. The Labute approximate surface area is 304 Å². The van der Waals surface area contributed by atoms with Crippen molar-refractivity contribution in [2.75, 3.05) is 23.8 Å². The van der Waals surface area contributed by atoms with Crippen molar-refractivity contribution in [2.24, 2.45) is 0 Å². The Balaban J connectivity index is 0.000000276. The summed E-state index contributed by atoms with van der Waals surface area (Å²) in [6.45, 7) is 3.78.